The molecule has 0 aliphatic carbocycles. The summed E-state index contributed by atoms with van der Waals surface area (Å²) in [6.45, 7) is -2.62. The second kappa shape index (κ2) is 6.21. The molecule has 0 aromatic heterocycles. The molecule has 19 heavy (non-hydrogen) atoms. The van der Waals surface area contributed by atoms with Crippen LogP contribution in [-0.4, -0.2) is 35.2 Å². The van der Waals surface area contributed by atoms with Crippen LogP contribution < -0.4 is 0 Å². The molecular weight excluding hydrogens is 290 g/mol. The highest BCUT2D eigenvalue weighted by Gasteiger charge is 2.31. The second-order valence-electron chi connectivity index (χ2n) is 3.87. The Labute approximate surface area is 111 Å². The van der Waals surface area contributed by atoms with Gasteiger partial charge in [0, 0.05) is 6.54 Å². The van der Waals surface area contributed by atoms with Crippen LogP contribution in [0.1, 0.15) is 5.56 Å². The zero-order valence-electron chi connectivity index (χ0n) is 9.55. The number of carboxylic acids is 1. The maximum absolute atomic E-state index is 13.1. The average molecular weight is 300 g/mol. The minimum Gasteiger partial charge on any atom is -0.480 e. The van der Waals surface area contributed by atoms with Gasteiger partial charge in [0.25, 0.3) is 0 Å². The summed E-state index contributed by atoms with van der Waals surface area (Å²) in [5.41, 5.74) is 0.104. The van der Waals surface area contributed by atoms with Gasteiger partial charge in [0.15, 0.2) is 0 Å². The van der Waals surface area contributed by atoms with Gasteiger partial charge in [0.05, 0.1) is 18.1 Å². The SMILES string of the molecule is O=C(O)CN(Cc1cccc(F)c1Cl)CC(F)(F)F. The fraction of sp³-hybridized carbons (Fsp3) is 0.364. The molecule has 0 bridgehead atoms. The molecule has 106 valence electrons. The van der Waals surface area contributed by atoms with E-state index >= 15 is 0 Å². The first-order valence-electron chi connectivity index (χ1n) is 5.13. The van der Waals surface area contributed by atoms with E-state index in [0.717, 1.165) is 6.07 Å². The number of hydrogen-bond donors (Lipinski definition) is 1. The average Bonchev–Trinajstić information content (AvgIpc) is 2.21. The Morgan fingerprint density at radius 3 is 2.53 bits per heavy atom. The van der Waals surface area contributed by atoms with Crippen LogP contribution >= 0.6 is 11.6 Å². The number of rotatable bonds is 5. The Morgan fingerprint density at radius 1 is 1.37 bits per heavy atom. The third kappa shape index (κ3) is 5.44. The highest BCUT2D eigenvalue weighted by molar-refractivity contribution is 6.31. The van der Waals surface area contributed by atoms with Crippen molar-refractivity contribution in [2.24, 2.45) is 0 Å². The smallest absolute Gasteiger partial charge is 0.401 e. The zero-order valence-corrected chi connectivity index (χ0v) is 10.3. The van der Waals surface area contributed by atoms with Crippen molar-refractivity contribution in [2.45, 2.75) is 12.7 Å². The molecule has 0 aliphatic rings. The fourth-order valence-corrected chi connectivity index (χ4v) is 1.71. The number of nitrogens with zero attached hydrogens (tertiary/aromatic N) is 1. The predicted molar refractivity (Wildman–Crippen MR) is 60.4 cm³/mol. The van der Waals surface area contributed by atoms with Crippen molar-refractivity contribution in [3.8, 4) is 0 Å². The van der Waals surface area contributed by atoms with E-state index in [1.807, 2.05) is 0 Å². The summed E-state index contributed by atoms with van der Waals surface area (Å²) in [5.74, 6) is -2.17. The highest BCUT2D eigenvalue weighted by Crippen LogP contribution is 2.23. The van der Waals surface area contributed by atoms with Gasteiger partial charge in [0.1, 0.15) is 5.82 Å². The lowest BCUT2D eigenvalue weighted by Gasteiger charge is -2.22. The van der Waals surface area contributed by atoms with Crippen molar-refractivity contribution in [3.05, 3.63) is 34.6 Å². The molecule has 0 saturated carbocycles. The summed E-state index contributed by atoms with van der Waals surface area (Å²) in [5, 5.41) is 8.26. The van der Waals surface area contributed by atoms with E-state index in [2.05, 4.69) is 0 Å². The zero-order chi connectivity index (χ0) is 14.6. The summed E-state index contributed by atoms with van der Waals surface area (Å²) >= 11 is 5.61. The van der Waals surface area contributed by atoms with Gasteiger partial charge in [-0.15, -0.1) is 0 Å². The van der Waals surface area contributed by atoms with Crippen LogP contribution in [0, 0.1) is 5.82 Å². The lowest BCUT2D eigenvalue weighted by Crippen LogP contribution is -2.37. The molecule has 1 aromatic rings. The molecule has 0 spiro atoms. The van der Waals surface area contributed by atoms with E-state index in [1.165, 1.54) is 12.1 Å². The van der Waals surface area contributed by atoms with Crippen LogP contribution in [0.15, 0.2) is 18.2 Å². The van der Waals surface area contributed by atoms with Crippen molar-refractivity contribution < 1.29 is 27.5 Å². The predicted octanol–water partition coefficient (Wildman–Crippen LogP) is 2.93. The van der Waals surface area contributed by atoms with Gasteiger partial charge in [-0.3, -0.25) is 9.69 Å². The molecule has 0 radical (unpaired) electrons. The van der Waals surface area contributed by atoms with Gasteiger partial charge in [-0.1, -0.05) is 23.7 Å². The van der Waals surface area contributed by atoms with Crippen LogP contribution in [0.25, 0.3) is 0 Å². The highest BCUT2D eigenvalue weighted by atomic mass is 35.5. The standard InChI is InChI=1S/C11H10ClF4NO2/c12-10-7(2-1-3-8(10)13)4-17(5-9(18)19)6-11(14,15)16/h1-3H,4-6H2,(H,18,19). The Balaban J connectivity index is 2.87. The number of alkyl halides is 3. The topological polar surface area (TPSA) is 40.5 Å². The third-order valence-electron chi connectivity index (χ3n) is 2.19. The summed E-state index contributed by atoms with van der Waals surface area (Å²) < 4.78 is 50.0. The van der Waals surface area contributed by atoms with Crippen molar-refractivity contribution in [2.75, 3.05) is 13.1 Å². The number of halogens is 5. The van der Waals surface area contributed by atoms with Crippen LogP contribution in [0.5, 0.6) is 0 Å². The van der Waals surface area contributed by atoms with Gasteiger partial charge in [-0.2, -0.15) is 13.2 Å². The Bertz CT molecular complexity index is 464. The van der Waals surface area contributed by atoms with E-state index in [-0.39, 0.29) is 10.6 Å². The van der Waals surface area contributed by atoms with Crippen LogP contribution in [-0.2, 0) is 11.3 Å². The Kier molecular flexibility index (Phi) is 5.13. The molecule has 0 atom stereocenters. The fourth-order valence-electron chi connectivity index (χ4n) is 1.52. The van der Waals surface area contributed by atoms with E-state index in [4.69, 9.17) is 16.7 Å². The lowest BCUT2D eigenvalue weighted by molar-refractivity contribution is -0.154. The monoisotopic (exact) mass is 299 g/mol. The first-order valence-corrected chi connectivity index (χ1v) is 5.50. The summed E-state index contributed by atoms with van der Waals surface area (Å²) in [7, 11) is 0. The largest absolute Gasteiger partial charge is 0.480 e. The molecule has 1 aromatic carbocycles. The number of carboxylic acid groups (broad SMARTS) is 1. The molecule has 0 unspecified atom stereocenters. The third-order valence-corrected chi connectivity index (χ3v) is 2.61. The minimum absolute atomic E-state index is 0.104. The van der Waals surface area contributed by atoms with Gasteiger partial charge in [-0.25, -0.2) is 4.39 Å². The number of hydrogen-bond acceptors (Lipinski definition) is 2. The maximum Gasteiger partial charge on any atom is 0.401 e. The molecule has 0 aliphatic heterocycles. The Morgan fingerprint density at radius 2 is 2.00 bits per heavy atom. The molecule has 0 fully saturated rings. The molecule has 0 saturated heterocycles. The van der Waals surface area contributed by atoms with E-state index in [0.29, 0.717) is 4.90 Å². The number of carbonyl (C=O) groups is 1. The maximum atomic E-state index is 13.1. The van der Waals surface area contributed by atoms with Crippen molar-refractivity contribution >= 4 is 17.6 Å². The molecule has 0 amide bonds. The van der Waals surface area contributed by atoms with E-state index in [1.54, 1.807) is 0 Å². The summed E-state index contributed by atoms with van der Waals surface area (Å²) in [4.78, 5) is 11.1. The van der Waals surface area contributed by atoms with Crippen LogP contribution in [0.2, 0.25) is 5.02 Å². The van der Waals surface area contributed by atoms with Crippen LogP contribution in [0.4, 0.5) is 17.6 Å². The first-order chi connectivity index (χ1) is 8.69. The summed E-state index contributed by atoms with van der Waals surface area (Å²) in [6, 6.07) is 3.71. The minimum atomic E-state index is -4.55. The van der Waals surface area contributed by atoms with Gasteiger partial charge in [0.2, 0.25) is 0 Å². The van der Waals surface area contributed by atoms with Gasteiger partial charge in [-0.05, 0) is 11.6 Å². The quantitative estimate of drug-likeness (QED) is 0.850. The van der Waals surface area contributed by atoms with E-state index < -0.39 is 37.6 Å². The first kappa shape index (κ1) is 15.7. The normalized spacial score (nSPS) is 11.9. The molecule has 3 nitrogen and oxygen atoms in total. The van der Waals surface area contributed by atoms with E-state index in [9.17, 15) is 22.4 Å². The van der Waals surface area contributed by atoms with Crippen molar-refractivity contribution in [1.82, 2.24) is 4.90 Å². The van der Waals surface area contributed by atoms with Crippen molar-refractivity contribution in [1.29, 1.82) is 0 Å². The number of aliphatic carboxylic acids is 1. The van der Waals surface area contributed by atoms with Crippen LogP contribution in [0.3, 0.4) is 0 Å². The molecule has 8 heteroatoms. The number of benzene rings is 1. The molecular formula is C11H10ClF4NO2. The molecule has 1 rings (SSSR count). The Hall–Kier alpha value is -1.34. The second-order valence-corrected chi connectivity index (χ2v) is 4.24. The van der Waals surface area contributed by atoms with Crippen molar-refractivity contribution in [3.63, 3.8) is 0 Å². The van der Waals surface area contributed by atoms with Gasteiger partial charge >= 0.3 is 12.1 Å². The molecule has 1 N–H and O–H groups in total. The summed E-state index contributed by atoms with van der Waals surface area (Å²) in [6.07, 6.45) is -4.55. The molecule has 0 heterocycles. The lowest BCUT2D eigenvalue weighted by atomic mass is 10.2. The van der Waals surface area contributed by atoms with Gasteiger partial charge < -0.3 is 5.11 Å².